The molecule has 0 saturated heterocycles. The van der Waals surface area contributed by atoms with Crippen molar-refractivity contribution in [2.24, 2.45) is 0 Å². The van der Waals surface area contributed by atoms with E-state index >= 15 is 0 Å². The fourth-order valence-corrected chi connectivity index (χ4v) is 2.51. The zero-order valence-corrected chi connectivity index (χ0v) is 13.7. The molecule has 0 atom stereocenters. The van der Waals surface area contributed by atoms with Crippen LogP contribution in [0.5, 0.6) is 11.5 Å². The molecule has 1 rings (SSSR count). The molecule has 5 nitrogen and oxygen atoms in total. The Kier molecular flexibility index (Phi) is 6.29. The summed E-state index contributed by atoms with van der Waals surface area (Å²) >= 11 is 3.37. The zero-order chi connectivity index (χ0) is 15.3. The van der Waals surface area contributed by atoms with Gasteiger partial charge in [0.1, 0.15) is 11.5 Å². The Morgan fingerprint density at radius 2 is 2.00 bits per heavy atom. The summed E-state index contributed by atoms with van der Waals surface area (Å²) in [6.45, 7) is 3.98. The molecule has 0 aliphatic rings. The van der Waals surface area contributed by atoms with Crippen LogP contribution in [0.1, 0.15) is 24.2 Å². The number of rotatable bonds is 6. The quantitative estimate of drug-likeness (QED) is 0.859. The third-order valence-electron chi connectivity index (χ3n) is 2.91. The number of aliphatic hydroxyl groups excluding tert-OH is 1. The smallest absolute Gasteiger partial charge is 0.258 e. The summed E-state index contributed by atoms with van der Waals surface area (Å²) in [6.07, 6.45) is 0. The first-order valence-electron chi connectivity index (χ1n) is 6.29. The standard InChI is InChI=1S/C14H20BrNO4/c1-9(2)16(5-6-17)14(18)11-7-10(19-3)8-12(15)13(11)20-4/h7-9,17H,5-6H2,1-4H3. The van der Waals surface area contributed by atoms with Gasteiger partial charge in [0.25, 0.3) is 5.91 Å². The van der Waals surface area contributed by atoms with Crippen LogP contribution in [0.3, 0.4) is 0 Å². The Hall–Kier alpha value is -1.27. The van der Waals surface area contributed by atoms with Crippen molar-refractivity contribution in [3.05, 3.63) is 22.2 Å². The van der Waals surface area contributed by atoms with Crippen molar-refractivity contribution in [2.45, 2.75) is 19.9 Å². The van der Waals surface area contributed by atoms with Crippen LogP contribution in [0.2, 0.25) is 0 Å². The van der Waals surface area contributed by atoms with Crippen molar-refractivity contribution in [1.29, 1.82) is 0 Å². The molecule has 0 heterocycles. The zero-order valence-electron chi connectivity index (χ0n) is 12.1. The lowest BCUT2D eigenvalue weighted by molar-refractivity contribution is 0.0661. The molecule has 0 saturated carbocycles. The Bertz CT molecular complexity index is 476. The van der Waals surface area contributed by atoms with E-state index < -0.39 is 0 Å². The fraction of sp³-hybridized carbons (Fsp3) is 0.500. The summed E-state index contributed by atoms with van der Waals surface area (Å²) in [7, 11) is 3.05. The lowest BCUT2D eigenvalue weighted by atomic mass is 10.1. The SMILES string of the molecule is COc1cc(Br)c(OC)c(C(=O)N(CCO)C(C)C)c1. The summed E-state index contributed by atoms with van der Waals surface area (Å²) in [5, 5.41) is 9.10. The summed E-state index contributed by atoms with van der Waals surface area (Å²) in [5.74, 6) is 0.818. The molecule has 6 heteroatoms. The van der Waals surface area contributed by atoms with Gasteiger partial charge < -0.3 is 19.5 Å². The predicted molar refractivity (Wildman–Crippen MR) is 80.5 cm³/mol. The molecular formula is C14H20BrNO4. The maximum absolute atomic E-state index is 12.6. The van der Waals surface area contributed by atoms with Gasteiger partial charge in [0.15, 0.2) is 0 Å². The van der Waals surface area contributed by atoms with Gasteiger partial charge in [-0.15, -0.1) is 0 Å². The number of benzene rings is 1. The minimum atomic E-state index is -0.203. The van der Waals surface area contributed by atoms with E-state index in [2.05, 4.69) is 15.9 Å². The minimum absolute atomic E-state index is 0.0238. The first kappa shape index (κ1) is 16.8. The van der Waals surface area contributed by atoms with Crippen LogP contribution >= 0.6 is 15.9 Å². The largest absolute Gasteiger partial charge is 0.497 e. The van der Waals surface area contributed by atoms with E-state index in [1.165, 1.54) is 14.2 Å². The summed E-state index contributed by atoms with van der Waals surface area (Å²) < 4.78 is 11.1. The topological polar surface area (TPSA) is 59.0 Å². The van der Waals surface area contributed by atoms with Gasteiger partial charge in [-0.05, 0) is 41.9 Å². The highest BCUT2D eigenvalue weighted by Crippen LogP contribution is 2.34. The van der Waals surface area contributed by atoms with Crippen LogP contribution in [-0.4, -0.2) is 49.3 Å². The summed E-state index contributed by atoms with van der Waals surface area (Å²) in [4.78, 5) is 14.2. The Balaban J connectivity index is 3.28. The van der Waals surface area contributed by atoms with Crippen LogP contribution in [0.15, 0.2) is 16.6 Å². The van der Waals surface area contributed by atoms with E-state index in [0.29, 0.717) is 21.5 Å². The monoisotopic (exact) mass is 345 g/mol. The molecule has 1 N–H and O–H groups in total. The van der Waals surface area contributed by atoms with E-state index in [-0.39, 0.29) is 25.1 Å². The Morgan fingerprint density at radius 1 is 1.35 bits per heavy atom. The van der Waals surface area contributed by atoms with Crippen LogP contribution in [0, 0.1) is 0 Å². The highest BCUT2D eigenvalue weighted by Gasteiger charge is 2.24. The maximum Gasteiger partial charge on any atom is 0.258 e. The van der Waals surface area contributed by atoms with Gasteiger partial charge in [0, 0.05) is 12.6 Å². The van der Waals surface area contributed by atoms with E-state index in [4.69, 9.17) is 14.6 Å². The van der Waals surface area contributed by atoms with Crippen molar-refractivity contribution < 1.29 is 19.4 Å². The highest BCUT2D eigenvalue weighted by atomic mass is 79.9. The van der Waals surface area contributed by atoms with Gasteiger partial charge in [-0.3, -0.25) is 4.79 Å². The van der Waals surface area contributed by atoms with Gasteiger partial charge in [-0.2, -0.15) is 0 Å². The average molecular weight is 346 g/mol. The number of methoxy groups -OCH3 is 2. The molecule has 0 aliphatic heterocycles. The molecule has 1 amide bonds. The van der Waals surface area contributed by atoms with Gasteiger partial charge in [0.2, 0.25) is 0 Å². The van der Waals surface area contributed by atoms with Gasteiger partial charge in [-0.25, -0.2) is 0 Å². The van der Waals surface area contributed by atoms with Crippen LogP contribution in [0.4, 0.5) is 0 Å². The van der Waals surface area contributed by atoms with E-state index in [0.717, 1.165) is 0 Å². The molecule has 0 aromatic heterocycles. The molecule has 0 aliphatic carbocycles. The first-order chi connectivity index (χ1) is 9.46. The fourth-order valence-electron chi connectivity index (χ4n) is 1.91. The maximum atomic E-state index is 12.6. The lowest BCUT2D eigenvalue weighted by Crippen LogP contribution is -2.39. The molecule has 112 valence electrons. The van der Waals surface area contributed by atoms with Gasteiger partial charge in [-0.1, -0.05) is 0 Å². The molecular weight excluding hydrogens is 326 g/mol. The van der Waals surface area contributed by atoms with Crippen molar-refractivity contribution in [3.8, 4) is 11.5 Å². The molecule has 20 heavy (non-hydrogen) atoms. The Labute approximate surface area is 127 Å². The molecule has 1 aromatic carbocycles. The Morgan fingerprint density at radius 3 is 2.45 bits per heavy atom. The van der Waals surface area contributed by atoms with Crippen LogP contribution in [0.25, 0.3) is 0 Å². The van der Waals surface area contributed by atoms with E-state index in [9.17, 15) is 4.79 Å². The number of amides is 1. The number of carbonyl (C=O) groups excluding carboxylic acids is 1. The van der Waals surface area contributed by atoms with E-state index in [1.54, 1.807) is 17.0 Å². The third kappa shape index (κ3) is 3.64. The minimum Gasteiger partial charge on any atom is -0.497 e. The number of halogens is 1. The van der Waals surface area contributed by atoms with Crippen molar-refractivity contribution >= 4 is 21.8 Å². The van der Waals surface area contributed by atoms with Crippen LogP contribution in [-0.2, 0) is 0 Å². The number of hydrogen-bond donors (Lipinski definition) is 1. The second-order valence-corrected chi connectivity index (χ2v) is 5.36. The van der Waals surface area contributed by atoms with Crippen molar-refractivity contribution in [3.63, 3.8) is 0 Å². The molecule has 0 fully saturated rings. The van der Waals surface area contributed by atoms with Gasteiger partial charge in [0.05, 0.1) is 30.9 Å². The molecule has 0 unspecified atom stereocenters. The van der Waals surface area contributed by atoms with Crippen molar-refractivity contribution in [2.75, 3.05) is 27.4 Å². The molecule has 0 bridgehead atoms. The number of ether oxygens (including phenoxy) is 2. The van der Waals surface area contributed by atoms with Crippen molar-refractivity contribution in [1.82, 2.24) is 4.90 Å². The van der Waals surface area contributed by atoms with Gasteiger partial charge >= 0.3 is 0 Å². The highest BCUT2D eigenvalue weighted by molar-refractivity contribution is 9.10. The number of nitrogens with zero attached hydrogens (tertiary/aromatic N) is 1. The lowest BCUT2D eigenvalue weighted by Gasteiger charge is -2.27. The molecule has 0 radical (unpaired) electrons. The second-order valence-electron chi connectivity index (χ2n) is 4.51. The molecule has 1 aromatic rings. The summed E-state index contributed by atoms with van der Waals surface area (Å²) in [5.41, 5.74) is 0.404. The second kappa shape index (κ2) is 7.50. The average Bonchev–Trinajstić information content (AvgIpc) is 2.42. The number of carbonyl (C=O) groups is 1. The number of hydrogen-bond acceptors (Lipinski definition) is 4. The van der Waals surface area contributed by atoms with Crippen LogP contribution < -0.4 is 9.47 Å². The first-order valence-corrected chi connectivity index (χ1v) is 7.08. The normalized spacial score (nSPS) is 10.6. The molecule has 0 spiro atoms. The summed E-state index contributed by atoms with van der Waals surface area (Å²) in [6, 6.07) is 3.35. The third-order valence-corrected chi connectivity index (χ3v) is 3.50. The van der Waals surface area contributed by atoms with E-state index in [1.807, 2.05) is 13.8 Å². The predicted octanol–water partition coefficient (Wildman–Crippen LogP) is 2.31. The number of aliphatic hydroxyl groups is 1.